The van der Waals surface area contributed by atoms with E-state index in [2.05, 4.69) is 9.97 Å². The third-order valence-electron chi connectivity index (χ3n) is 3.58. The highest BCUT2D eigenvalue weighted by atomic mass is 19.1. The Balaban J connectivity index is 1.89. The molecule has 0 atom stereocenters. The van der Waals surface area contributed by atoms with Gasteiger partial charge in [0, 0.05) is 17.2 Å². The molecule has 2 aromatic carbocycles. The minimum absolute atomic E-state index is 0.0188. The number of nitrogen functional groups attached to an aromatic ring is 2. The van der Waals surface area contributed by atoms with Crippen LogP contribution >= 0.6 is 0 Å². The van der Waals surface area contributed by atoms with Crippen molar-refractivity contribution in [1.82, 2.24) is 9.97 Å². The molecule has 0 amide bonds. The first-order valence-electron chi connectivity index (χ1n) is 7.48. The molecule has 0 fully saturated rings. The molecule has 0 saturated carbocycles. The largest absolute Gasteiger partial charge is 0.489 e. The lowest BCUT2D eigenvalue weighted by molar-refractivity contribution is 0.299. The van der Waals surface area contributed by atoms with Gasteiger partial charge in [-0.3, -0.25) is 0 Å². The zero-order chi connectivity index (χ0) is 18.7. The molecule has 0 saturated heterocycles. The minimum atomic E-state index is -0.690. The monoisotopic (exact) mass is 353 g/mol. The zero-order valence-corrected chi connectivity index (χ0v) is 13.4. The van der Waals surface area contributed by atoms with Crippen LogP contribution in [0.4, 0.5) is 20.5 Å². The predicted octanol–water partition coefficient (Wildman–Crippen LogP) is 3.04. The maximum Gasteiger partial charge on any atom is 0.222 e. The van der Waals surface area contributed by atoms with Crippen LogP contribution < -0.4 is 16.2 Å². The van der Waals surface area contributed by atoms with Gasteiger partial charge in [-0.2, -0.15) is 10.2 Å². The predicted molar refractivity (Wildman–Crippen MR) is 91.7 cm³/mol. The molecule has 0 bridgehead atoms. The number of aromatic nitrogens is 2. The van der Waals surface area contributed by atoms with E-state index in [1.807, 2.05) is 6.07 Å². The molecule has 0 aliphatic carbocycles. The number of nitrogens with zero attached hydrogens (tertiary/aromatic N) is 3. The lowest BCUT2D eigenvalue weighted by Crippen LogP contribution is -2.05. The number of nitriles is 1. The third kappa shape index (κ3) is 3.52. The molecule has 130 valence electrons. The van der Waals surface area contributed by atoms with E-state index in [1.54, 1.807) is 24.3 Å². The second-order valence-electron chi connectivity index (χ2n) is 5.35. The third-order valence-corrected chi connectivity index (χ3v) is 3.58. The van der Waals surface area contributed by atoms with Crippen molar-refractivity contribution in [2.24, 2.45) is 0 Å². The molecule has 0 unspecified atom stereocenters. The van der Waals surface area contributed by atoms with Gasteiger partial charge in [-0.15, -0.1) is 0 Å². The van der Waals surface area contributed by atoms with E-state index in [0.29, 0.717) is 11.3 Å². The van der Waals surface area contributed by atoms with Crippen molar-refractivity contribution in [1.29, 1.82) is 5.26 Å². The van der Waals surface area contributed by atoms with Crippen LogP contribution in [-0.2, 0) is 6.61 Å². The van der Waals surface area contributed by atoms with Gasteiger partial charge in [-0.1, -0.05) is 12.1 Å². The lowest BCUT2D eigenvalue weighted by atomic mass is 10.1. The number of ether oxygens (including phenoxy) is 1. The normalized spacial score (nSPS) is 10.3. The number of hydrogen-bond acceptors (Lipinski definition) is 6. The summed E-state index contributed by atoms with van der Waals surface area (Å²) in [5, 5.41) is 9.27. The Labute approximate surface area is 147 Å². The van der Waals surface area contributed by atoms with Crippen LogP contribution in [-0.4, -0.2) is 9.97 Å². The standard InChI is InChI=1S/C18H13F2N5O/c19-12-5-4-11(15(20)7-12)9-26-13-3-1-2-10(6-13)16-14(8-21)17(22)25-18(23)24-16/h1-7H,9H2,(H4,22,23,24,25). The first kappa shape index (κ1) is 17.1. The highest BCUT2D eigenvalue weighted by molar-refractivity contribution is 5.73. The van der Waals surface area contributed by atoms with Crippen LogP contribution in [0.15, 0.2) is 42.5 Å². The second kappa shape index (κ2) is 7.03. The molecule has 4 N–H and O–H groups in total. The Morgan fingerprint density at radius 3 is 2.62 bits per heavy atom. The maximum atomic E-state index is 13.7. The van der Waals surface area contributed by atoms with Crippen molar-refractivity contribution in [3.8, 4) is 23.1 Å². The summed E-state index contributed by atoms with van der Waals surface area (Å²) in [6.07, 6.45) is 0. The van der Waals surface area contributed by atoms with E-state index in [4.69, 9.17) is 16.2 Å². The summed E-state index contributed by atoms with van der Waals surface area (Å²) in [5.41, 5.74) is 12.4. The second-order valence-corrected chi connectivity index (χ2v) is 5.35. The fourth-order valence-electron chi connectivity index (χ4n) is 2.35. The van der Waals surface area contributed by atoms with Gasteiger partial charge in [0.25, 0.3) is 0 Å². The molecular weight excluding hydrogens is 340 g/mol. The fourth-order valence-corrected chi connectivity index (χ4v) is 2.35. The van der Waals surface area contributed by atoms with Gasteiger partial charge in [0.05, 0.1) is 5.69 Å². The molecule has 0 radical (unpaired) electrons. The first-order chi connectivity index (χ1) is 12.5. The molecule has 8 heteroatoms. The van der Waals surface area contributed by atoms with Gasteiger partial charge < -0.3 is 16.2 Å². The molecule has 0 aliphatic rings. The Morgan fingerprint density at radius 2 is 1.88 bits per heavy atom. The van der Waals surface area contributed by atoms with Crippen molar-refractivity contribution in [2.45, 2.75) is 6.61 Å². The Hall–Kier alpha value is -3.73. The quantitative estimate of drug-likeness (QED) is 0.746. The molecular formula is C18H13F2N5O. The van der Waals surface area contributed by atoms with Crippen LogP contribution in [0, 0.1) is 23.0 Å². The van der Waals surface area contributed by atoms with Gasteiger partial charge >= 0.3 is 0 Å². The fraction of sp³-hybridized carbons (Fsp3) is 0.0556. The number of halogens is 2. The van der Waals surface area contributed by atoms with E-state index >= 15 is 0 Å². The van der Waals surface area contributed by atoms with E-state index in [1.165, 1.54) is 6.07 Å². The maximum absolute atomic E-state index is 13.7. The van der Waals surface area contributed by atoms with Crippen LogP contribution in [0.1, 0.15) is 11.1 Å². The topological polar surface area (TPSA) is 111 Å². The molecule has 0 spiro atoms. The van der Waals surface area contributed by atoms with E-state index in [0.717, 1.165) is 12.1 Å². The van der Waals surface area contributed by atoms with Crippen molar-refractivity contribution < 1.29 is 13.5 Å². The van der Waals surface area contributed by atoms with Gasteiger partial charge in [0.15, 0.2) is 0 Å². The molecule has 3 rings (SSSR count). The summed E-state index contributed by atoms with van der Waals surface area (Å²) in [6.45, 7) is -0.0886. The number of rotatable bonds is 4. The van der Waals surface area contributed by atoms with Crippen LogP contribution in [0.5, 0.6) is 5.75 Å². The summed E-state index contributed by atoms with van der Waals surface area (Å²) in [7, 11) is 0. The SMILES string of the molecule is N#Cc1c(N)nc(N)nc1-c1cccc(OCc2ccc(F)cc2F)c1. The molecule has 1 heterocycles. The minimum Gasteiger partial charge on any atom is -0.489 e. The Bertz CT molecular complexity index is 1020. The van der Waals surface area contributed by atoms with Gasteiger partial charge in [0.2, 0.25) is 5.95 Å². The van der Waals surface area contributed by atoms with Gasteiger partial charge in [-0.25, -0.2) is 13.8 Å². The van der Waals surface area contributed by atoms with Crippen molar-refractivity contribution >= 4 is 11.8 Å². The van der Waals surface area contributed by atoms with Gasteiger partial charge in [-0.05, 0) is 24.3 Å². The molecule has 0 aliphatic heterocycles. The highest BCUT2D eigenvalue weighted by Crippen LogP contribution is 2.28. The van der Waals surface area contributed by atoms with Crippen molar-refractivity contribution in [2.75, 3.05) is 11.5 Å². The number of benzene rings is 2. The summed E-state index contributed by atoms with van der Waals surface area (Å²) in [4.78, 5) is 7.83. The lowest BCUT2D eigenvalue weighted by Gasteiger charge is -2.10. The van der Waals surface area contributed by atoms with Gasteiger partial charge in [0.1, 0.15) is 41.4 Å². The first-order valence-corrected chi connectivity index (χ1v) is 7.48. The smallest absolute Gasteiger partial charge is 0.222 e. The Morgan fingerprint density at radius 1 is 1.08 bits per heavy atom. The van der Waals surface area contributed by atoms with E-state index < -0.39 is 11.6 Å². The van der Waals surface area contributed by atoms with Crippen LogP contribution in [0.25, 0.3) is 11.3 Å². The Kier molecular flexibility index (Phi) is 4.62. The molecule has 1 aromatic heterocycles. The summed E-state index contributed by atoms with van der Waals surface area (Å²) < 4.78 is 32.2. The number of nitrogens with two attached hydrogens (primary N) is 2. The van der Waals surface area contributed by atoms with E-state index in [-0.39, 0.29) is 35.2 Å². The zero-order valence-electron chi connectivity index (χ0n) is 13.4. The number of hydrogen-bond donors (Lipinski definition) is 2. The average Bonchev–Trinajstić information content (AvgIpc) is 2.60. The van der Waals surface area contributed by atoms with Crippen molar-refractivity contribution in [3.63, 3.8) is 0 Å². The average molecular weight is 353 g/mol. The van der Waals surface area contributed by atoms with Crippen LogP contribution in [0.3, 0.4) is 0 Å². The number of anilines is 2. The molecule has 6 nitrogen and oxygen atoms in total. The summed E-state index contributed by atoms with van der Waals surface area (Å²) in [6, 6.07) is 11.9. The van der Waals surface area contributed by atoms with Crippen LogP contribution in [0.2, 0.25) is 0 Å². The van der Waals surface area contributed by atoms with E-state index in [9.17, 15) is 14.0 Å². The highest BCUT2D eigenvalue weighted by Gasteiger charge is 2.14. The summed E-state index contributed by atoms with van der Waals surface area (Å²) >= 11 is 0. The molecule has 26 heavy (non-hydrogen) atoms. The molecule has 3 aromatic rings. The van der Waals surface area contributed by atoms with Crippen molar-refractivity contribution in [3.05, 3.63) is 65.2 Å². The summed E-state index contributed by atoms with van der Waals surface area (Å²) in [5.74, 6) is -1.02.